The van der Waals surface area contributed by atoms with Crippen LogP contribution in [0.4, 0.5) is 0 Å². The van der Waals surface area contributed by atoms with E-state index < -0.39 is 0 Å². The fraction of sp³-hybridized carbons (Fsp3) is 0.727. The van der Waals surface area contributed by atoms with Gasteiger partial charge in [-0.25, -0.2) is 0 Å². The van der Waals surface area contributed by atoms with Crippen molar-refractivity contribution in [3.05, 3.63) is 18.0 Å². The molecule has 1 aliphatic carbocycles. The maximum atomic E-state index is 6.22. The minimum atomic E-state index is 0.352. The van der Waals surface area contributed by atoms with Crippen molar-refractivity contribution in [3.8, 4) is 0 Å². The molecular weight excluding hydrogens is 196 g/mol. The first kappa shape index (κ1) is 10.0. The number of hydrogen-bond acceptors (Lipinski definition) is 1. The molecule has 3 atom stereocenters. The third-order valence-corrected chi connectivity index (χ3v) is 3.98. The van der Waals surface area contributed by atoms with E-state index in [0.717, 1.165) is 13.0 Å². The Labute approximate surface area is 90.3 Å². The van der Waals surface area contributed by atoms with Crippen LogP contribution in [-0.2, 0) is 6.54 Å². The van der Waals surface area contributed by atoms with Crippen molar-refractivity contribution in [3.63, 3.8) is 0 Å². The van der Waals surface area contributed by atoms with E-state index >= 15 is 0 Å². The molecule has 1 aromatic heterocycles. The maximum absolute atomic E-state index is 6.22. The zero-order chi connectivity index (χ0) is 10.1. The molecule has 0 aliphatic heterocycles. The van der Waals surface area contributed by atoms with E-state index in [2.05, 4.69) is 25.1 Å². The van der Waals surface area contributed by atoms with Crippen LogP contribution < -0.4 is 0 Å². The number of alkyl halides is 1. The van der Waals surface area contributed by atoms with Gasteiger partial charge in [0.05, 0.1) is 6.20 Å². The van der Waals surface area contributed by atoms with Crippen molar-refractivity contribution >= 4 is 11.6 Å². The normalized spacial score (nSPS) is 32.4. The fourth-order valence-corrected chi connectivity index (χ4v) is 2.63. The van der Waals surface area contributed by atoms with Crippen molar-refractivity contribution in [2.45, 2.75) is 44.5 Å². The van der Waals surface area contributed by atoms with E-state index in [4.69, 9.17) is 11.6 Å². The Morgan fingerprint density at radius 2 is 2.36 bits per heavy atom. The molecule has 0 aromatic carbocycles. The van der Waals surface area contributed by atoms with Crippen LogP contribution in [-0.4, -0.2) is 15.2 Å². The molecule has 0 amide bonds. The highest BCUT2D eigenvalue weighted by atomic mass is 35.5. The molecule has 0 radical (unpaired) electrons. The third-order valence-electron chi connectivity index (χ3n) is 3.36. The predicted octanol–water partition coefficient (Wildman–Crippen LogP) is 3.02. The van der Waals surface area contributed by atoms with Crippen LogP contribution in [0.5, 0.6) is 0 Å². The van der Waals surface area contributed by atoms with Gasteiger partial charge in [0.2, 0.25) is 0 Å². The summed E-state index contributed by atoms with van der Waals surface area (Å²) in [6.07, 6.45) is 6.52. The van der Waals surface area contributed by atoms with E-state index in [-0.39, 0.29) is 0 Å². The van der Waals surface area contributed by atoms with Crippen LogP contribution in [0.2, 0.25) is 0 Å². The summed E-state index contributed by atoms with van der Waals surface area (Å²) in [5, 5.41) is 4.66. The summed E-state index contributed by atoms with van der Waals surface area (Å²) in [5.41, 5.74) is 1.36. The number of halogens is 1. The molecule has 0 saturated heterocycles. The highest BCUT2D eigenvalue weighted by Crippen LogP contribution is 2.41. The van der Waals surface area contributed by atoms with E-state index in [0.29, 0.717) is 17.2 Å². The molecule has 3 unspecified atom stereocenters. The standard InChI is InChI=1S/C11H17ClN2/c1-3-14-7-9(6-13-14)10-4-5-11(12)8(10)2/h6-8,10-11H,3-5H2,1-2H3. The lowest BCUT2D eigenvalue weighted by Crippen LogP contribution is -2.08. The van der Waals surface area contributed by atoms with E-state index in [1.807, 2.05) is 10.9 Å². The van der Waals surface area contributed by atoms with Crippen LogP contribution in [0.1, 0.15) is 38.2 Å². The van der Waals surface area contributed by atoms with Gasteiger partial charge >= 0.3 is 0 Å². The number of aryl methyl sites for hydroxylation is 1. The zero-order valence-electron chi connectivity index (χ0n) is 8.78. The fourth-order valence-electron chi connectivity index (χ4n) is 2.33. The first-order valence-electron chi connectivity index (χ1n) is 5.38. The van der Waals surface area contributed by atoms with Gasteiger partial charge in [-0.3, -0.25) is 4.68 Å². The Morgan fingerprint density at radius 3 is 2.86 bits per heavy atom. The van der Waals surface area contributed by atoms with Gasteiger partial charge in [0.1, 0.15) is 0 Å². The minimum absolute atomic E-state index is 0.352. The molecule has 3 heteroatoms. The number of rotatable bonds is 2. The molecule has 14 heavy (non-hydrogen) atoms. The summed E-state index contributed by atoms with van der Waals surface area (Å²) in [6, 6.07) is 0. The summed E-state index contributed by atoms with van der Waals surface area (Å²) < 4.78 is 1.99. The Morgan fingerprint density at radius 1 is 1.57 bits per heavy atom. The van der Waals surface area contributed by atoms with Gasteiger partial charge in [-0.05, 0) is 37.2 Å². The SMILES string of the molecule is CCn1cc(C2CCC(Cl)C2C)cn1. The lowest BCUT2D eigenvalue weighted by Gasteiger charge is -2.14. The first-order valence-corrected chi connectivity index (χ1v) is 5.82. The van der Waals surface area contributed by atoms with Crippen molar-refractivity contribution in [1.82, 2.24) is 9.78 Å². The van der Waals surface area contributed by atoms with Crippen molar-refractivity contribution < 1.29 is 0 Å². The number of nitrogens with zero attached hydrogens (tertiary/aromatic N) is 2. The molecule has 2 rings (SSSR count). The average Bonchev–Trinajstić information content (AvgIpc) is 2.75. The van der Waals surface area contributed by atoms with Crippen molar-refractivity contribution in [2.24, 2.45) is 5.92 Å². The Bertz CT molecular complexity index is 308. The summed E-state index contributed by atoms with van der Waals surface area (Å²) >= 11 is 6.22. The van der Waals surface area contributed by atoms with E-state index in [1.165, 1.54) is 12.0 Å². The Kier molecular flexibility index (Phi) is 2.82. The van der Waals surface area contributed by atoms with Gasteiger partial charge in [-0.1, -0.05) is 6.92 Å². The quantitative estimate of drug-likeness (QED) is 0.690. The smallest absolute Gasteiger partial charge is 0.0524 e. The van der Waals surface area contributed by atoms with Gasteiger partial charge < -0.3 is 0 Å². The molecule has 1 aliphatic rings. The molecule has 2 nitrogen and oxygen atoms in total. The van der Waals surface area contributed by atoms with Gasteiger partial charge in [0.15, 0.2) is 0 Å². The van der Waals surface area contributed by atoms with Gasteiger partial charge in [0, 0.05) is 18.1 Å². The molecule has 1 heterocycles. The lowest BCUT2D eigenvalue weighted by atomic mass is 9.92. The summed E-state index contributed by atoms with van der Waals surface area (Å²) in [4.78, 5) is 0. The molecule has 0 bridgehead atoms. The van der Waals surface area contributed by atoms with Gasteiger partial charge in [-0.2, -0.15) is 5.10 Å². The second-order valence-corrected chi connectivity index (χ2v) is 4.75. The van der Waals surface area contributed by atoms with Crippen LogP contribution >= 0.6 is 11.6 Å². The van der Waals surface area contributed by atoms with Crippen LogP contribution in [0.15, 0.2) is 12.4 Å². The minimum Gasteiger partial charge on any atom is -0.273 e. The van der Waals surface area contributed by atoms with Gasteiger partial charge in [0.25, 0.3) is 0 Å². The Balaban J connectivity index is 2.15. The largest absolute Gasteiger partial charge is 0.273 e. The van der Waals surface area contributed by atoms with Crippen LogP contribution in [0.25, 0.3) is 0 Å². The molecule has 1 fully saturated rings. The molecule has 1 saturated carbocycles. The zero-order valence-corrected chi connectivity index (χ0v) is 9.54. The molecular formula is C11H17ClN2. The lowest BCUT2D eigenvalue weighted by molar-refractivity contribution is 0.536. The second kappa shape index (κ2) is 3.93. The van der Waals surface area contributed by atoms with Crippen LogP contribution in [0.3, 0.4) is 0 Å². The highest BCUT2D eigenvalue weighted by Gasteiger charge is 2.32. The highest BCUT2D eigenvalue weighted by molar-refractivity contribution is 6.21. The average molecular weight is 213 g/mol. The van der Waals surface area contributed by atoms with Crippen molar-refractivity contribution in [2.75, 3.05) is 0 Å². The maximum Gasteiger partial charge on any atom is 0.0524 e. The summed E-state index contributed by atoms with van der Waals surface area (Å²) in [5.74, 6) is 1.21. The topological polar surface area (TPSA) is 17.8 Å². The molecule has 0 N–H and O–H groups in total. The van der Waals surface area contributed by atoms with Crippen LogP contribution in [0, 0.1) is 5.92 Å². The monoisotopic (exact) mass is 212 g/mol. The van der Waals surface area contributed by atoms with Gasteiger partial charge in [-0.15, -0.1) is 11.6 Å². The molecule has 1 aromatic rings. The second-order valence-electron chi connectivity index (χ2n) is 4.19. The number of hydrogen-bond donors (Lipinski definition) is 0. The first-order chi connectivity index (χ1) is 6.72. The summed E-state index contributed by atoms with van der Waals surface area (Å²) in [7, 11) is 0. The third kappa shape index (κ3) is 1.68. The predicted molar refractivity (Wildman–Crippen MR) is 58.7 cm³/mol. The molecule has 0 spiro atoms. The van der Waals surface area contributed by atoms with E-state index in [1.54, 1.807) is 0 Å². The van der Waals surface area contributed by atoms with E-state index in [9.17, 15) is 0 Å². The molecule has 78 valence electrons. The Hall–Kier alpha value is -0.500. The van der Waals surface area contributed by atoms with Crippen molar-refractivity contribution in [1.29, 1.82) is 0 Å². The number of aromatic nitrogens is 2. The summed E-state index contributed by atoms with van der Waals surface area (Å²) in [6.45, 7) is 5.31.